The van der Waals surface area contributed by atoms with E-state index in [0.29, 0.717) is 11.5 Å². The lowest BCUT2D eigenvalue weighted by Crippen LogP contribution is -2.33. The van der Waals surface area contributed by atoms with E-state index in [2.05, 4.69) is 24.5 Å². The predicted molar refractivity (Wildman–Crippen MR) is 92.7 cm³/mol. The average Bonchev–Trinajstić information content (AvgIpc) is 2.55. The van der Waals surface area contributed by atoms with Crippen molar-refractivity contribution in [3.8, 4) is 0 Å². The van der Waals surface area contributed by atoms with Crippen molar-refractivity contribution in [1.29, 1.82) is 0 Å². The molecule has 4 heteroatoms. The maximum atomic E-state index is 12.1. The number of para-hydroxylation sites is 1. The summed E-state index contributed by atoms with van der Waals surface area (Å²) in [6.45, 7) is 6.08. The summed E-state index contributed by atoms with van der Waals surface area (Å²) in [5.41, 5.74) is 3.48. The Morgan fingerprint density at radius 1 is 1.00 bits per heavy atom. The van der Waals surface area contributed by atoms with Crippen LogP contribution in [0, 0.1) is 6.92 Å². The van der Waals surface area contributed by atoms with Gasteiger partial charge in [-0.15, -0.1) is 0 Å². The molecule has 2 amide bonds. The molecule has 2 aromatic carbocycles. The third kappa shape index (κ3) is 4.42. The Labute approximate surface area is 136 Å². The number of benzene rings is 2. The maximum absolute atomic E-state index is 12.1. The number of rotatable bonds is 5. The fraction of sp³-hybridized carbons (Fsp3) is 0.263. The van der Waals surface area contributed by atoms with Crippen LogP contribution in [0.3, 0.4) is 0 Å². The lowest BCUT2D eigenvalue weighted by Gasteiger charge is -2.16. The van der Waals surface area contributed by atoms with E-state index in [0.717, 1.165) is 16.8 Å². The van der Waals surface area contributed by atoms with E-state index in [4.69, 9.17) is 0 Å². The molecule has 0 saturated carbocycles. The Morgan fingerprint density at radius 3 is 2.35 bits per heavy atom. The Hall–Kier alpha value is -2.62. The minimum Gasteiger partial charge on any atom is -0.343 e. The van der Waals surface area contributed by atoms with Crippen LogP contribution in [-0.2, 0) is 4.79 Å². The minimum absolute atomic E-state index is 0.0560. The highest BCUT2D eigenvalue weighted by atomic mass is 16.2. The molecule has 0 atom stereocenters. The first-order valence-electron chi connectivity index (χ1n) is 7.71. The second kappa shape index (κ2) is 7.58. The van der Waals surface area contributed by atoms with Crippen LogP contribution in [0.4, 0.5) is 5.69 Å². The first-order chi connectivity index (χ1) is 11.0. The van der Waals surface area contributed by atoms with Crippen LogP contribution in [0.2, 0.25) is 0 Å². The lowest BCUT2D eigenvalue weighted by molar-refractivity contribution is -0.115. The van der Waals surface area contributed by atoms with Gasteiger partial charge in [0.15, 0.2) is 0 Å². The molecule has 0 saturated heterocycles. The van der Waals surface area contributed by atoms with Crippen LogP contribution in [0.5, 0.6) is 0 Å². The number of hydrogen-bond donors (Lipinski definition) is 2. The second-order valence-electron chi connectivity index (χ2n) is 5.79. The van der Waals surface area contributed by atoms with Gasteiger partial charge in [0.25, 0.3) is 5.91 Å². The van der Waals surface area contributed by atoms with Crippen molar-refractivity contribution < 1.29 is 9.59 Å². The van der Waals surface area contributed by atoms with Crippen molar-refractivity contribution in [2.45, 2.75) is 26.7 Å². The van der Waals surface area contributed by atoms with Gasteiger partial charge < -0.3 is 10.6 Å². The third-order valence-corrected chi connectivity index (χ3v) is 3.64. The van der Waals surface area contributed by atoms with Gasteiger partial charge in [-0.2, -0.15) is 0 Å². The molecule has 2 rings (SSSR count). The van der Waals surface area contributed by atoms with Crippen molar-refractivity contribution in [2.24, 2.45) is 0 Å². The highest BCUT2D eigenvalue weighted by Crippen LogP contribution is 2.27. The summed E-state index contributed by atoms with van der Waals surface area (Å²) < 4.78 is 0. The molecule has 120 valence electrons. The van der Waals surface area contributed by atoms with E-state index in [-0.39, 0.29) is 18.4 Å². The van der Waals surface area contributed by atoms with Gasteiger partial charge in [-0.05, 0) is 36.1 Å². The first kappa shape index (κ1) is 16.7. The summed E-state index contributed by atoms with van der Waals surface area (Å²) in [7, 11) is 0. The highest BCUT2D eigenvalue weighted by molar-refractivity contribution is 5.99. The van der Waals surface area contributed by atoms with Gasteiger partial charge in [0.05, 0.1) is 6.54 Å². The molecule has 0 aliphatic carbocycles. The zero-order valence-corrected chi connectivity index (χ0v) is 13.7. The minimum atomic E-state index is -0.255. The molecule has 23 heavy (non-hydrogen) atoms. The number of nitrogens with one attached hydrogen (secondary N) is 2. The van der Waals surface area contributed by atoms with Gasteiger partial charge in [-0.3, -0.25) is 9.59 Å². The number of hydrogen-bond acceptors (Lipinski definition) is 2. The SMILES string of the molecule is Cc1cccc(C(C)C)c1NC(=O)CNC(=O)c1ccccc1. The van der Waals surface area contributed by atoms with Crippen LogP contribution < -0.4 is 10.6 Å². The Morgan fingerprint density at radius 2 is 1.70 bits per heavy atom. The molecule has 0 heterocycles. The van der Waals surface area contributed by atoms with Gasteiger partial charge in [-0.25, -0.2) is 0 Å². The number of aryl methyl sites for hydroxylation is 1. The van der Waals surface area contributed by atoms with Gasteiger partial charge in [-0.1, -0.05) is 50.2 Å². The molecular weight excluding hydrogens is 288 g/mol. The molecule has 0 bridgehead atoms. The van der Waals surface area contributed by atoms with E-state index in [9.17, 15) is 9.59 Å². The first-order valence-corrected chi connectivity index (χ1v) is 7.71. The zero-order valence-electron chi connectivity index (χ0n) is 13.7. The van der Waals surface area contributed by atoms with Crippen molar-refractivity contribution >= 4 is 17.5 Å². The Balaban J connectivity index is 1.99. The van der Waals surface area contributed by atoms with E-state index in [1.54, 1.807) is 24.3 Å². The monoisotopic (exact) mass is 310 g/mol. The van der Waals surface area contributed by atoms with Gasteiger partial charge in [0.2, 0.25) is 5.91 Å². The van der Waals surface area contributed by atoms with E-state index in [1.807, 2.05) is 31.2 Å². The van der Waals surface area contributed by atoms with E-state index < -0.39 is 0 Å². The molecule has 0 radical (unpaired) electrons. The Bertz CT molecular complexity index is 694. The van der Waals surface area contributed by atoms with Crippen LogP contribution in [0.15, 0.2) is 48.5 Å². The summed E-state index contributed by atoms with van der Waals surface area (Å²) in [6, 6.07) is 14.8. The second-order valence-corrected chi connectivity index (χ2v) is 5.79. The van der Waals surface area contributed by atoms with Crippen LogP contribution >= 0.6 is 0 Å². The molecule has 2 aromatic rings. The summed E-state index contributed by atoms with van der Waals surface area (Å²) in [5.74, 6) is -0.177. The number of amides is 2. The zero-order chi connectivity index (χ0) is 16.8. The van der Waals surface area contributed by atoms with Gasteiger partial charge >= 0.3 is 0 Å². The van der Waals surface area contributed by atoms with E-state index in [1.165, 1.54) is 0 Å². The van der Waals surface area contributed by atoms with E-state index >= 15 is 0 Å². The van der Waals surface area contributed by atoms with Crippen molar-refractivity contribution in [3.63, 3.8) is 0 Å². The van der Waals surface area contributed by atoms with Crippen molar-refractivity contribution in [2.75, 3.05) is 11.9 Å². The normalized spacial score (nSPS) is 10.4. The third-order valence-electron chi connectivity index (χ3n) is 3.64. The van der Waals surface area contributed by atoms with Gasteiger partial charge in [0.1, 0.15) is 0 Å². The summed E-state index contributed by atoms with van der Waals surface area (Å²) in [4.78, 5) is 24.1. The average molecular weight is 310 g/mol. The Kier molecular flexibility index (Phi) is 5.52. The fourth-order valence-corrected chi connectivity index (χ4v) is 2.38. The summed E-state index contributed by atoms with van der Waals surface area (Å²) >= 11 is 0. The smallest absolute Gasteiger partial charge is 0.251 e. The standard InChI is InChI=1S/C19H22N2O2/c1-13(2)16-11-7-8-14(3)18(16)21-17(22)12-20-19(23)15-9-5-4-6-10-15/h4-11,13H,12H2,1-3H3,(H,20,23)(H,21,22). The molecule has 0 unspecified atom stereocenters. The highest BCUT2D eigenvalue weighted by Gasteiger charge is 2.13. The molecule has 0 aliphatic rings. The fourth-order valence-electron chi connectivity index (χ4n) is 2.38. The predicted octanol–water partition coefficient (Wildman–Crippen LogP) is 3.49. The van der Waals surface area contributed by atoms with Gasteiger partial charge in [0, 0.05) is 11.3 Å². The largest absolute Gasteiger partial charge is 0.343 e. The summed E-state index contributed by atoms with van der Waals surface area (Å²) in [6.07, 6.45) is 0. The van der Waals surface area contributed by atoms with Crippen LogP contribution in [0.25, 0.3) is 0 Å². The molecule has 0 aromatic heterocycles. The van der Waals surface area contributed by atoms with Crippen molar-refractivity contribution in [3.05, 3.63) is 65.2 Å². The molecule has 0 fully saturated rings. The van der Waals surface area contributed by atoms with Crippen LogP contribution in [0.1, 0.15) is 41.3 Å². The van der Waals surface area contributed by atoms with Crippen LogP contribution in [-0.4, -0.2) is 18.4 Å². The quantitative estimate of drug-likeness (QED) is 0.888. The lowest BCUT2D eigenvalue weighted by atomic mass is 9.98. The topological polar surface area (TPSA) is 58.2 Å². The number of anilines is 1. The molecule has 0 aliphatic heterocycles. The molecule has 0 spiro atoms. The molecular formula is C19H22N2O2. The number of carbonyl (C=O) groups is 2. The molecule has 2 N–H and O–H groups in total. The number of carbonyl (C=O) groups excluding carboxylic acids is 2. The molecule has 4 nitrogen and oxygen atoms in total. The van der Waals surface area contributed by atoms with Crippen molar-refractivity contribution in [1.82, 2.24) is 5.32 Å². The summed E-state index contributed by atoms with van der Waals surface area (Å²) in [5, 5.41) is 5.55. The maximum Gasteiger partial charge on any atom is 0.251 e.